The SMILES string of the molecule is CCCC(=O)N[C@@H]([NH2+]C[C@H]1CCCO1)C(Cl)(Cl)Cl. The molecule has 0 aliphatic carbocycles. The van der Waals surface area contributed by atoms with E-state index in [1.807, 2.05) is 12.2 Å². The fourth-order valence-corrected chi connectivity index (χ4v) is 2.30. The topological polar surface area (TPSA) is 54.9 Å². The average Bonchev–Trinajstić information content (AvgIpc) is 2.75. The van der Waals surface area contributed by atoms with E-state index in [9.17, 15) is 4.79 Å². The number of halogens is 3. The maximum atomic E-state index is 11.6. The lowest BCUT2D eigenvalue weighted by Gasteiger charge is -2.24. The van der Waals surface area contributed by atoms with Crippen LogP contribution in [-0.4, -0.2) is 35.1 Å². The van der Waals surface area contributed by atoms with Gasteiger partial charge in [-0.1, -0.05) is 41.7 Å². The zero-order valence-electron chi connectivity index (χ0n) is 10.4. The van der Waals surface area contributed by atoms with Gasteiger partial charge >= 0.3 is 0 Å². The summed E-state index contributed by atoms with van der Waals surface area (Å²) < 4.78 is 3.97. The van der Waals surface area contributed by atoms with Gasteiger partial charge < -0.3 is 15.4 Å². The number of nitrogens with one attached hydrogen (secondary N) is 1. The molecule has 3 N–H and O–H groups in total. The summed E-state index contributed by atoms with van der Waals surface area (Å²) in [5.41, 5.74) is 0. The molecule has 0 saturated carbocycles. The van der Waals surface area contributed by atoms with Crippen molar-refractivity contribution in [2.75, 3.05) is 13.2 Å². The van der Waals surface area contributed by atoms with Crippen LogP contribution in [0.2, 0.25) is 0 Å². The number of amides is 1. The number of hydrogen-bond acceptors (Lipinski definition) is 2. The van der Waals surface area contributed by atoms with Crippen molar-refractivity contribution in [2.24, 2.45) is 0 Å². The van der Waals surface area contributed by atoms with Gasteiger partial charge in [-0.05, 0) is 19.3 Å². The molecule has 106 valence electrons. The maximum Gasteiger partial charge on any atom is 0.262 e. The fraction of sp³-hybridized carbons (Fsp3) is 0.909. The molecule has 1 amide bonds. The van der Waals surface area contributed by atoms with Gasteiger partial charge in [0.2, 0.25) is 12.1 Å². The van der Waals surface area contributed by atoms with Crippen molar-refractivity contribution in [3.63, 3.8) is 0 Å². The lowest BCUT2D eigenvalue weighted by atomic mass is 10.2. The molecule has 1 aliphatic heterocycles. The Morgan fingerprint density at radius 2 is 2.28 bits per heavy atom. The van der Waals surface area contributed by atoms with Crippen molar-refractivity contribution < 1.29 is 14.8 Å². The first kappa shape index (κ1) is 16.3. The van der Waals surface area contributed by atoms with E-state index in [-0.39, 0.29) is 12.0 Å². The number of nitrogens with two attached hydrogens (primary N) is 1. The Balaban J connectivity index is 2.42. The van der Waals surface area contributed by atoms with E-state index in [0.29, 0.717) is 13.0 Å². The minimum absolute atomic E-state index is 0.0996. The van der Waals surface area contributed by atoms with Gasteiger partial charge in [0.05, 0.1) is 0 Å². The summed E-state index contributed by atoms with van der Waals surface area (Å²) in [5, 5.41) is 4.57. The number of carbonyl (C=O) groups excluding carboxylic acids is 1. The molecule has 0 radical (unpaired) electrons. The van der Waals surface area contributed by atoms with Crippen LogP contribution in [-0.2, 0) is 9.53 Å². The van der Waals surface area contributed by atoms with Crippen LogP contribution in [0.15, 0.2) is 0 Å². The normalized spacial score (nSPS) is 21.9. The van der Waals surface area contributed by atoms with Crippen LogP contribution in [0.1, 0.15) is 32.6 Å². The lowest BCUT2D eigenvalue weighted by molar-refractivity contribution is -0.697. The van der Waals surface area contributed by atoms with Crippen molar-refractivity contribution >= 4 is 40.7 Å². The van der Waals surface area contributed by atoms with Crippen LogP contribution in [0.3, 0.4) is 0 Å². The number of hydrogen-bond donors (Lipinski definition) is 2. The molecule has 4 nitrogen and oxygen atoms in total. The van der Waals surface area contributed by atoms with Gasteiger partial charge in [-0.25, -0.2) is 0 Å². The van der Waals surface area contributed by atoms with Crippen molar-refractivity contribution in [3.8, 4) is 0 Å². The minimum Gasteiger partial charge on any atom is -0.372 e. The third-order valence-electron chi connectivity index (χ3n) is 2.80. The second-order valence-corrected chi connectivity index (χ2v) is 6.81. The fourth-order valence-electron chi connectivity index (χ4n) is 1.87. The quantitative estimate of drug-likeness (QED) is 0.573. The standard InChI is InChI=1S/C11H19Cl3N2O2/c1-2-4-9(17)16-10(11(12,13)14)15-7-8-5-3-6-18-8/h8,10,15H,2-7H2,1H3,(H,16,17)/p+1/t8-,10-/m1/s1. The van der Waals surface area contributed by atoms with Crippen LogP contribution in [0.25, 0.3) is 0 Å². The average molecular weight is 319 g/mol. The summed E-state index contributed by atoms with van der Waals surface area (Å²) in [4.78, 5) is 11.6. The van der Waals surface area contributed by atoms with Crippen LogP contribution in [0.4, 0.5) is 0 Å². The highest BCUT2D eigenvalue weighted by Gasteiger charge is 2.37. The summed E-state index contributed by atoms with van der Waals surface area (Å²) >= 11 is 17.6. The first-order chi connectivity index (χ1) is 8.43. The second kappa shape index (κ2) is 7.75. The molecular weight excluding hydrogens is 298 g/mol. The maximum absolute atomic E-state index is 11.6. The third kappa shape index (κ3) is 5.93. The summed E-state index contributed by atoms with van der Waals surface area (Å²) in [6.45, 7) is 3.41. The van der Waals surface area contributed by atoms with Gasteiger partial charge in [0.15, 0.2) is 0 Å². The van der Waals surface area contributed by atoms with E-state index < -0.39 is 9.96 Å². The van der Waals surface area contributed by atoms with Crippen LogP contribution in [0, 0.1) is 0 Å². The Hall–Kier alpha value is 0.260. The highest BCUT2D eigenvalue weighted by molar-refractivity contribution is 6.68. The van der Waals surface area contributed by atoms with E-state index in [4.69, 9.17) is 39.5 Å². The predicted octanol–water partition coefficient (Wildman–Crippen LogP) is 1.34. The molecule has 0 aromatic carbocycles. The lowest BCUT2D eigenvalue weighted by Crippen LogP contribution is -2.97. The first-order valence-corrected chi connectivity index (χ1v) is 7.38. The monoisotopic (exact) mass is 317 g/mol. The summed E-state index contributed by atoms with van der Waals surface area (Å²) in [5.74, 6) is -0.0996. The minimum atomic E-state index is -1.53. The van der Waals surface area contributed by atoms with E-state index in [1.54, 1.807) is 0 Å². The van der Waals surface area contributed by atoms with Gasteiger partial charge in [0, 0.05) is 13.0 Å². The highest BCUT2D eigenvalue weighted by atomic mass is 35.6. The predicted molar refractivity (Wildman–Crippen MR) is 72.9 cm³/mol. The Labute approximate surface area is 123 Å². The Bertz CT molecular complexity index is 266. The molecule has 0 unspecified atom stereocenters. The summed E-state index contributed by atoms with van der Waals surface area (Å²) in [6.07, 6.45) is 2.90. The zero-order valence-corrected chi connectivity index (χ0v) is 12.7. The molecule has 1 heterocycles. The van der Waals surface area contributed by atoms with Crippen LogP contribution in [0.5, 0.6) is 0 Å². The molecule has 1 rings (SSSR count). The van der Waals surface area contributed by atoms with Gasteiger partial charge in [0.1, 0.15) is 12.6 Å². The van der Waals surface area contributed by atoms with Gasteiger partial charge in [-0.15, -0.1) is 0 Å². The molecule has 2 atom stereocenters. The Kier molecular flexibility index (Phi) is 7.03. The van der Waals surface area contributed by atoms with E-state index >= 15 is 0 Å². The Morgan fingerprint density at radius 1 is 1.56 bits per heavy atom. The number of rotatable bonds is 6. The zero-order chi connectivity index (χ0) is 13.6. The molecule has 0 aromatic rings. The smallest absolute Gasteiger partial charge is 0.262 e. The molecule has 7 heteroatoms. The van der Waals surface area contributed by atoms with Crippen LogP contribution >= 0.6 is 34.8 Å². The van der Waals surface area contributed by atoms with E-state index in [0.717, 1.165) is 25.9 Å². The van der Waals surface area contributed by atoms with Crippen molar-refractivity contribution in [1.82, 2.24) is 5.32 Å². The molecule has 18 heavy (non-hydrogen) atoms. The number of ether oxygens (including phenoxy) is 1. The number of quaternary nitrogens is 1. The number of alkyl halides is 3. The van der Waals surface area contributed by atoms with Gasteiger partial charge in [-0.3, -0.25) is 4.79 Å². The van der Waals surface area contributed by atoms with Gasteiger partial charge in [-0.2, -0.15) is 0 Å². The Morgan fingerprint density at radius 3 is 2.78 bits per heavy atom. The van der Waals surface area contributed by atoms with Crippen molar-refractivity contribution in [3.05, 3.63) is 0 Å². The number of carbonyl (C=O) groups is 1. The summed E-state index contributed by atoms with van der Waals surface area (Å²) in [7, 11) is 0. The first-order valence-electron chi connectivity index (χ1n) is 6.24. The molecule has 1 saturated heterocycles. The van der Waals surface area contributed by atoms with Gasteiger partial charge in [0.25, 0.3) is 3.79 Å². The molecular formula is C11H20Cl3N2O2+. The highest BCUT2D eigenvalue weighted by Crippen LogP contribution is 2.27. The molecule has 1 aliphatic rings. The largest absolute Gasteiger partial charge is 0.372 e. The van der Waals surface area contributed by atoms with Crippen LogP contribution < -0.4 is 10.6 Å². The molecule has 0 spiro atoms. The summed E-state index contributed by atoms with van der Waals surface area (Å²) in [6, 6.07) is 0. The van der Waals surface area contributed by atoms with Crippen molar-refractivity contribution in [1.29, 1.82) is 0 Å². The third-order valence-corrected chi connectivity index (χ3v) is 3.51. The van der Waals surface area contributed by atoms with E-state index in [1.165, 1.54) is 0 Å². The molecule has 0 aromatic heterocycles. The molecule has 1 fully saturated rings. The molecule has 0 bridgehead atoms. The van der Waals surface area contributed by atoms with Crippen molar-refractivity contribution in [2.45, 2.75) is 48.7 Å². The second-order valence-electron chi connectivity index (χ2n) is 4.44. The van der Waals surface area contributed by atoms with E-state index in [2.05, 4.69) is 5.32 Å².